The lowest BCUT2D eigenvalue weighted by Crippen LogP contribution is -2.31. The number of nitrogen functional groups attached to an aromatic ring is 1. The molecule has 0 aromatic heterocycles. The Kier molecular flexibility index (Phi) is 2.79. The van der Waals surface area contributed by atoms with Crippen LogP contribution in [-0.2, 0) is 9.53 Å². The third kappa shape index (κ3) is 1.91. The Balaban J connectivity index is 2.32. The zero-order valence-electron chi connectivity index (χ0n) is 8.02. The average molecular weight is 227 g/mol. The molecule has 2 rings (SSSR count). The third-order valence-corrected chi connectivity index (χ3v) is 2.63. The topological polar surface area (TPSA) is 55.6 Å². The number of carbonyl (C=O) groups is 1. The number of carbonyl (C=O) groups excluding carboxylic acids is 1. The predicted molar refractivity (Wildman–Crippen MR) is 59.0 cm³/mol. The van der Waals surface area contributed by atoms with E-state index in [1.807, 2.05) is 4.90 Å². The first-order valence-corrected chi connectivity index (χ1v) is 4.99. The van der Waals surface area contributed by atoms with Crippen LogP contribution < -0.4 is 10.6 Å². The van der Waals surface area contributed by atoms with Gasteiger partial charge in [0.1, 0.15) is 0 Å². The zero-order valence-corrected chi connectivity index (χ0v) is 8.78. The maximum absolute atomic E-state index is 10.7. The van der Waals surface area contributed by atoms with Crippen LogP contribution in [0.25, 0.3) is 0 Å². The first-order chi connectivity index (χ1) is 7.22. The van der Waals surface area contributed by atoms with E-state index in [-0.39, 0.29) is 0 Å². The molecule has 15 heavy (non-hydrogen) atoms. The fourth-order valence-electron chi connectivity index (χ4n) is 1.62. The van der Waals surface area contributed by atoms with Crippen molar-refractivity contribution < 1.29 is 9.53 Å². The summed E-state index contributed by atoms with van der Waals surface area (Å²) in [5.41, 5.74) is 6.97. The van der Waals surface area contributed by atoms with Crippen molar-refractivity contribution >= 4 is 29.3 Å². The van der Waals surface area contributed by atoms with E-state index in [1.165, 1.54) is 0 Å². The largest absolute Gasteiger partial charge is 0.399 e. The summed E-state index contributed by atoms with van der Waals surface area (Å²) in [6, 6.07) is 5.21. The fraction of sp³-hybridized carbons (Fsp3) is 0.300. The SMILES string of the molecule is Nc1ccc(N2CCOC2C=O)c(Cl)c1. The first-order valence-electron chi connectivity index (χ1n) is 4.61. The van der Waals surface area contributed by atoms with Crippen LogP contribution in [0.1, 0.15) is 0 Å². The smallest absolute Gasteiger partial charge is 0.186 e. The van der Waals surface area contributed by atoms with Crippen LogP contribution >= 0.6 is 11.6 Å². The Hall–Kier alpha value is -1.26. The van der Waals surface area contributed by atoms with Crippen LogP contribution in [-0.4, -0.2) is 25.7 Å². The van der Waals surface area contributed by atoms with E-state index >= 15 is 0 Å². The monoisotopic (exact) mass is 226 g/mol. The Bertz CT molecular complexity index is 384. The summed E-state index contributed by atoms with van der Waals surface area (Å²) in [4.78, 5) is 12.5. The van der Waals surface area contributed by atoms with Gasteiger partial charge in [-0.15, -0.1) is 0 Å². The minimum absolute atomic E-state index is 0.532. The van der Waals surface area contributed by atoms with Crippen molar-refractivity contribution in [3.63, 3.8) is 0 Å². The number of hydrogen-bond acceptors (Lipinski definition) is 4. The highest BCUT2D eigenvalue weighted by molar-refractivity contribution is 6.33. The molecule has 1 heterocycles. The lowest BCUT2D eigenvalue weighted by Gasteiger charge is -2.22. The summed E-state index contributed by atoms with van der Waals surface area (Å²) in [6.07, 6.45) is 0.228. The summed E-state index contributed by atoms with van der Waals surface area (Å²) >= 11 is 6.04. The van der Waals surface area contributed by atoms with E-state index in [2.05, 4.69) is 0 Å². The standard InChI is InChI=1S/C10H11ClN2O2/c11-8-5-7(12)1-2-9(8)13-3-4-15-10(13)6-14/h1-2,5-6,10H,3-4,12H2. The molecule has 1 fully saturated rings. The summed E-state index contributed by atoms with van der Waals surface area (Å²) in [5, 5.41) is 0.535. The summed E-state index contributed by atoms with van der Waals surface area (Å²) in [5.74, 6) is 0. The minimum Gasteiger partial charge on any atom is -0.399 e. The van der Waals surface area contributed by atoms with Crippen LogP contribution in [0, 0.1) is 0 Å². The van der Waals surface area contributed by atoms with Gasteiger partial charge in [0, 0.05) is 12.2 Å². The van der Waals surface area contributed by atoms with E-state index in [4.69, 9.17) is 22.1 Å². The van der Waals surface area contributed by atoms with E-state index in [0.29, 0.717) is 23.9 Å². The van der Waals surface area contributed by atoms with Crippen molar-refractivity contribution in [2.24, 2.45) is 0 Å². The van der Waals surface area contributed by atoms with Crippen molar-refractivity contribution in [2.45, 2.75) is 6.23 Å². The molecule has 80 valence electrons. The van der Waals surface area contributed by atoms with Crippen molar-refractivity contribution in [1.29, 1.82) is 0 Å². The molecular formula is C10H11ClN2O2. The van der Waals surface area contributed by atoms with Crippen LogP contribution in [0.3, 0.4) is 0 Å². The highest BCUT2D eigenvalue weighted by atomic mass is 35.5. The predicted octanol–water partition coefficient (Wildman–Crippen LogP) is 1.28. The van der Waals surface area contributed by atoms with E-state index in [1.54, 1.807) is 18.2 Å². The lowest BCUT2D eigenvalue weighted by atomic mass is 10.2. The number of nitrogens with two attached hydrogens (primary N) is 1. The Morgan fingerprint density at radius 3 is 3.07 bits per heavy atom. The number of benzene rings is 1. The Morgan fingerprint density at radius 2 is 2.40 bits per heavy atom. The normalized spacial score (nSPS) is 20.6. The van der Waals surface area contributed by atoms with Crippen LogP contribution in [0.15, 0.2) is 18.2 Å². The first kappa shape index (κ1) is 10.3. The molecule has 0 spiro atoms. The molecule has 0 bridgehead atoms. The molecule has 2 N–H and O–H groups in total. The van der Waals surface area contributed by atoms with E-state index in [0.717, 1.165) is 12.0 Å². The Morgan fingerprint density at radius 1 is 1.60 bits per heavy atom. The van der Waals surface area contributed by atoms with Gasteiger partial charge in [-0.3, -0.25) is 4.79 Å². The second-order valence-electron chi connectivity index (χ2n) is 3.30. The second-order valence-corrected chi connectivity index (χ2v) is 3.71. The molecule has 1 atom stereocenters. The third-order valence-electron chi connectivity index (χ3n) is 2.33. The van der Waals surface area contributed by atoms with Gasteiger partial charge in [0.2, 0.25) is 0 Å². The lowest BCUT2D eigenvalue weighted by molar-refractivity contribution is -0.115. The molecule has 1 unspecified atom stereocenters. The van der Waals surface area contributed by atoms with Crippen molar-refractivity contribution in [3.8, 4) is 0 Å². The molecule has 1 saturated heterocycles. The van der Waals surface area contributed by atoms with Gasteiger partial charge in [-0.05, 0) is 18.2 Å². The maximum Gasteiger partial charge on any atom is 0.186 e. The highest BCUT2D eigenvalue weighted by Crippen LogP contribution is 2.30. The van der Waals surface area contributed by atoms with Crippen molar-refractivity contribution in [3.05, 3.63) is 23.2 Å². The molecule has 0 aliphatic carbocycles. The van der Waals surface area contributed by atoms with Crippen LogP contribution in [0.5, 0.6) is 0 Å². The number of ether oxygens (including phenoxy) is 1. The number of hydrogen-bond donors (Lipinski definition) is 1. The zero-order chi connectivity index (χ0) is 10.8. The van der Waals surface area contributed by atoms with Gasteiger partial charge in [-0.25, -0.2) is 0 Å². The second kappa shape index (κ2) is 4.08. The number of anilines is 2. The molecule has 1 aromatic carbocycles. The van der Waals surface area contributed by atoms with Crippen molar-refractivity contribution in [2.75, 3.05) is 23.8 Å². The quantitative estimate of drug-likeness (QED) is 0.610. The van der Waals surface area contributed by atoms with Crippen LogP contribution in [0.4, 0.5) is 11.4 Å². The molecule has 1 aliphatic rings. The number of halogens is 1. The molecule has 0 amide bonds. The van der Waals surface area contributed by atoms with Gasteiger partial charge in [0.25, 0.3) is 0 Å². The van der Waals surface area contributed by atoms with E-state index in [9.17, 15) is 4.79 Å². The fourth-order valence-corrected chi connectivity index (χ4v) is 1.91. The molecule has 1 aliphatic heterocycles. The van der Waals surface area contributed by atoms with Gasteiger partial charge in [0.15, 0.2) is 12.5 Å². The summed E-state index contributed by atoms with van der Waals surface area (Å²) < 4.78 is 5.22. The maximum atomic E-state index is 10.7. The molecule has 4 nitrogen and oxygen atoms in total. The Labute approximate surface area is 92.6 Å². The van der Waals surface area contributed by atoms with E-state index < -0.39 is 6.23 Å². The van der Waals surface area contributed by atoms with Gasteiger partial charge in [-0.2, -0.15) is 0 Å². The van der Waals surface area contributed by atoms with Gasteiger partial charge in [0.05, 0.1) is 17.3 Å². The van der Waals surface area contributed by atoms with Gasteiger partial charge < -0.3 is 15.4 Å². The van der Waals surface area contributed by atoms with Crippen LogP contribution in [0.2, 0.25) is 5.02 Å². The summed E-state index contributed by atoms with van der Waals surface area (Å²) in [6.45, 7) is 1.19. The minimum atomic E-state index is -0.536. The average Bonchev–Trinajstić information content (AvgIpc) is 2.65. The number of rotatable bonds is 2. The molecular weight excluding hydrogens is 216 g/mol. The molecule has 1 aromatic rings. The molecule has 0 radical (unpaired) electrons. The van der Waals surface area contributed by atoms with Crippen molar-refractivity contribution in [1.82, 2.24) is 0 Å². The molecule has 5 heteroatoms. The van der Waals surface area contributed by atoms with Gasteiger partial charge in [-0.1, -0.05) is 11.6 Å². The highest BCUT2D eigenvalue weighted by Gasteiger charge is 2.26. The number of nitrogens with zero attached hydrogens (tertiary/aromatic N) is 1. The van der Waals surface area contributed by atoms with Gasteiger partial charge >= 0.3 is 0 Å². The summed E-state index contributed by atoms with van der Waals surface area (Å²) in [7, 11) is 0. The molecule has 0 saturated carbocycles. The number of aldehydes is 1.